The van der Waals surface area contributed by atoms with Crippen LogP contribution in [0.1, 0.15) is 13.3 Å². The summed E-state index contributed by atoms with van der Waals surface area (Å²) in [6.45, 7) is 1.85. The molecule has 0 aliphatic rings. The highest BCUT2D eigenvalue weighted by atomic mass is 16.2. The molecular weight excluding hydrogens is 264 g/mol. The third-order valence-corrected chi connectivity index (χ3v) is 3.37. The van der Waals surface area contributed by atoms with E-state index in [0.717, 1.165) is 11.4 Å². The van der Waals surface area contributed by atoms with Crippen molar-refractivity contribution >= 4 is 11.7 Å². The van der Waals surface area contributed by atoms with Crippen LogP contribution in [0.25, 0.3) is 5.69 Å². The summed E-state index contributed by atoms with van der Waals surface area (Å²) in [5, 5.41) is 11.5. The third-order valence-electron chi connectivity index (χ3n) is 3.37. The fourth-order valence-corrected chi connectivity index (χ4v) is 1.93. The van der Waals surface area contributed by atoms with Gasteiger partial charge in [0.05, 0.1) is 12.5 Å². The van der Waals surface area contributed by atoms with Crippen molar-refractivity contribution in [2.45, 2.75) is 19.4 Å². The van der Waals surface area contributed by atoms with E-state index in [4.69, 9.17) is 5.26 Å². The first-order valence-corrected chi connectivity index (χ1v) is 6.76. The number of benzene rings is 1. The lowest BCUT2D eigenvalue weighted by Gasteiger charge is -2.23. The number of aromatic nitrogens is 1. The number of carbonyl (C=O) groups excluding carboxylic acids is 1. The Balaban J connectivity index is 2.08. The van der Waals surface area contributed by atoms with Gasteiger partial charge in [-0.2, -0.15) is 5.26 Å². The second-order valence-electron chi connectivity index (χ2n) is 4.89. The van der Waals surface area contributed by atoms with E-state index in [0.29, 0.717) is 6.42 Å². The zero-order valence-electron chi connectivity index (χ0n) is 12.2. The molecule has 0 bridgehead atoms. The number of hydrogen-bond donors (Lipinski definition) is 1. The molecule has 0 radical (unpaired) electrons. The number of amides is 2. The highest BCUT2D eigenvalue weighted by Crippen LogP contribution is 2.15. The first-order chi connectivity index (χ1) is 10.1. The van der Waals surface area contributed by atoms with Gasteiger partial charge in [-0.3, -0.25) is 0 Å². The summed E-state index contributed by atoms with van der Waals surface area (Å²) in [4.78, 5) is 13.7. The number of nitrogens with zero attached hydrogens (tertiary/aromatic N) is 3. The van der Waals surface area contributed by atoms with Crippen molar-refractivity contribution in [1.82, 2.24) is 9.47 Å². The molecule has 1 N–H and O–H groups in total. The molecule has 0 fully saturated rings. The van der Waals surface area contributed by atoms with Crippen molar-refractivity contribution in [3.63, 3.8) is 0 Å². The molecule has 1 aromatic carbocycles. The quantitative estimate of drug-likeness (QED) is 0.935. The molecule has 2 amide bonds. The summed E-state index contributed by atoms with van der Waals surface area (Å²) in [6.07, 6.45) is 4.21. The van der Waals surface area contributed by atoms with Gasteiger partial charge in [-0.15, -0.1) is 0 Å². The minimum atomic E-state index is -0.220. The van der Waals surface area contributed by atoms with Gasteiger partial charge in [-0.1, -0.05) is 6.07 Å². The summed E-state index contributed by atoms with van der Waals surface area (Å²) in [6, 6.07) is 13.2. The molecule has 0 saturated heterocycles. The summed E-state index contributed by atoms with van der Waals surface area (Å²) >= 11 is 0. The highest BCUT2D eigenvalue weighted by Gasteiger charge is 2.15. The van der Waals surface area contributed by atoms with Crippen LogP contribution in [0.5, 0.6) is 0 Å². The Labute approximate surface area is 124 Å². The molecule has 1 unspecified atom stereocenters. The summed E-state index contributed by atoms with van der Waals surface area (Å²) in [5.41, 5.74) is 1.70. The molecule has 1 aromatic heterocycles. The number of urea groups is 1. The molecule has 21 heavy (non-hydrogen) atoms. The lowest BCUT2D eigenvalue weighted by molar-refractivity contribution is 0.208. The second kappa shape index (κ2) is 6.62. The van der Waals surface area contributed by atoms with E-state index in [1.165, 1.54) is 4.90 Å². The van der Waals surface area contributed by atoms with Gasteiger partial charge in [0.1, 0.15) is 0 Å². The van der Waals surface area contributed by atoms with Gasteiger partial charge >= 0.3 is 6.03 Å². The summed E-state index contributed by atoms with van der Waals surface area (Å²) in [7, 11) is 1.69. The number of carbonyl (C=O) groups is 1. The maximum absolute atomic E-state index is 12.1. The molecule has 0 aliphatic carbocycles. The Morgan fingerprint density at radius 2 is 2.10 bits per heavy atom. The first-order valence-electron chi connectivity index (χ1n) is 6.76. The van der Waals surface area contributed by atoms with Crippen LogP contribution in [0, 0.1) is 11.3 Å². The zero-order chi connectivity index (χ0) is 15.2. The smallest absolute Gasteiger partial charge is 0.321 e. The van der Waals surface area contributed by atoms with Crippen LogP contribution < -0.4 is 5.32 Å². The molecule has 2 aromatic rings. The van der Waals surface area contributed by atoms with E-state index in [-0.39, 0.29) is 12.1 Å². The van der Waals surface area contributed by atoms with Gasteiger partial charge in [0.25, 0.3) is 0 Å². The van der Waals surface area contributed by atoms with Crippen molar-refractivity contribution < 1.29 is 4.79 Å². The minimum absolute atomic E-state index is 0.123. The first kappa shape index (κ1) is 14.7. The van der Waals surface area contributed by atoms with E-state index >= 15 is 0 Å². The van der Waals surface area contributed by atoms with Crippen LogP contribution in [0.3, 0.4) is 0 Å². The average Bonchev–Trinajstić information content (AvgIpc) is 3.01. The standard InChI is InChI=1S/C16H18N4O/c1-13(8-9-17)19(2)16(21)18-14-6-5-7-15(12-14)20-10-3-4-11-20/h3-7,10-13H,8H2,1-2H3,(H,18,21). The normalized spacial score (nSPS) is 11.5. The third kappa shape index (κ3) is 3.63. The maximum Gasteiger partial charge on any atom is 0.321 e. The SMILES string of the molecule is CC(CC#N)N(C)C(=O)Nc1cccc(-n2cccc2)c1. The van der Waals surface area contributed by atoms with Crippen molar-refractivity contribution in [2.75, 3.05) is 12.4 Å². The van der Waals surface area contributed by atoms with Crippen LogP contribution in [0.15, 0.2) is 48.8 Å². The molecule has 0 saturated carbocycles. The Bertz CT molecular complexity index is 643. The van der Waals surface area contributed by atoms with E-state index in [2.05, 4.69) is 11.4 Å². The van der Waals surface area contributed by atoms with Gasteiger partial charge in [-0.05, 0) is 37.3 Å². The topological polar surface area (TPSA) is 61.1 Å². The second-order valence-corrected chi connectivity index (χ2v) is 4.89. The highest BCUT2D eigenvalue weighted by molar-refractivity contribution is 5.89. The number of nitriles is 1. The van der Waals surface area contributed by atoms with Gasteiger partial charge in [0, 0.05) is 36.9 Å². The summed E-state index contributed by atoms with van der Waals surface area (Å²) < 4.78 is 1.97. The van der Waals surface area contributed by atoms with Gasteiger partial charge < -0.3 is 14.8 Å². The van der Waals surface area contributed by atoms with Crippen molar-refractivity contribution in [3.8, 4) is 11.8 Å². The lowest BCUT2D eigenvalue weighted by Crippen LogP contribution is -2.38. The molecular formula is C16H18N4O. The number of rotatable bonds is 4. The fourth-order valence-electron chi connectivity index (χ4n) is 1.93. The van der Waals surface area contributed by atoms with Gasteiger partial charge in [0.2, 0.25) is 0 Å². The van der Waals surface area contributed by atoms with Gasteiger partial charge in [0.15, 0.2) is 0 Å². The molecule has 5 heteroatoms. The maximum atomic E-state index is 12.1. The molecule has 2 rings (SSSR count). The average molecular weight is 282 g/mol. The predicted octanol–water partition coefficient (Wildman–Crippen LogP) is 3.24. The van der Waals surface area contributed by atoms with E-state index in [1.807, 2.05) is 60.3 Å². The molecule has 5 nitrogen and oxygen atoms in total. The number of hydrogen-bond acceptors (Lipinski definition) is 2. The van der Waals surface area contributed by atoms with E-state index < -0.39 is 0 Å². The zero-order valence-corrected chi connectivity index (χ0v) is 12.2. The number of anilines is 1. The van der Waals surface area contributed by atoms with Gasteiger partial charge in [-0.25, -0.2) is 4.79 Å². The van der Waals surface area contributed by atoms with E-state index in [9.17, 15) is 4.79 Å². The number of nitrogens with one attached hydrogen (secondary N) is 1. The van der Waals surface area contributed by atoms with Crippen LogP contribution in [-0.2, 0) is 0 Å². The van der Waals surface area contributed by atoms with Crippen molar-refractivity contribution in [3.05, 3.63) is 48.8 Å². The Hall–Kier alpha value is -2.74. The Morgan fingerprint density at radius 3 is 2.76 bits per heavy atom. The molecule has 108 valence electrons. The largest absolute Gasteiger partial charge is 0.324 e. The van der Waals surface area contributed by atoms with E-state index in [1.54, 1.807) is 7.05 Å². The Morgan fingerprint density at radius 1 is 1.38 bits per heavy atom. The monoisotopic (exact) mass is 282 g/mol. The predicted molar refractivity (Wildman–Crippen MR) is 82.2 cm³/mol. The van der Waals surface area contributed by atoms with Crippen molar-refractivity contribution in [1.29, 1.82) is 5.26 Å². The fraction of sp³-hybridized carbons (Fsp3) is 0.250. The molecule has 1 atom stereocenters. The minimum Gasteiger partial charge on any atom is -0.324 e. The molecule has 0 spiro atoms. The lowest BCUT2D eigenvalue weighted by atomic mass is 10.2. The van der Waals surface area contributed by atoms with Crippen molar-refractivity contribution in [2.24, 2.45) is 0 Å². The Kier molecular flexibility index (Phi) is 4.62. The van der Waals surface area contributed by atoms with Crippen LogP contribution >= 0.6 is 0 Å². The van der Waals surface area contributed by atoms with Crippen LogP contribution in [0.2, 0.25) is 0 Å². The molecule has 0 aliphatic heterocycles. The summed E-state index contributed by atoms with van der Waals surface area (Å²) in [5.74, 6) is 0. The molecule has 1 heterocycles. The van der Waals surface area contributed by atoms with Crippen LogP contribution in [0.4, 0.5) is 10.5 Å². The van der Waals surface area contributed by atoms with Crippen LogP contribution in [-0.4, -0.2) is 28.6 Å².